The maximum atomic E-state index is 2.42. The van der Waals surface area contributed by atoms with Crippen molar-refractivity contribution >= 4 is 43.6 Å². The summed E-state index contributed by atoms with van der Waals surface area (Å²) in [5.41, 5.74) is 12.1. The lowest BCUT2D eigenvalue weighted by Crippen LogP contribution is -1.94. The number of nitrogens with zero attached hydrogens (tertiary/aromatic N) is 2. The van der Waals surface area contributed by atoms with Gasteiger partial charge in [0.25, 0.3) is 0 Å². The van der Waals surface area contributed by atoms with Crippen molar-refractivity contribution in [3.8, 4) is 33.6 Å². The Morgan fingerprint density at radius 1 is 0.250 bits per heavy atom. The maximum absolute atomic E-state index is 2.42. The van der Waals surface area contributed by atoms with E-state index in [1.807, 2.05) is 0 Å². The molecule has 0 radical (unpaired) electrons. The molecule has 0 saturated heterocycles. The second-order valence-corrected chi connectivity index (χ2v) is 11.4. The molecule has 0 atom stereocenters. The van der Waals surface area contributed by atoms with Gasteiger partial charge in [-0.2, -0.15) is 0 Å². The summed E-state index contributed by atoms with van der Waals surface area (Å²) in [5, 5.41) is 5.13. The van der Waals surface area contributed by atoms with E-state index in [2.05, 4.69) is 179 Å². The van der Waals surface area contributed by atoms with E-state index in [1.54, 1.807) is 0 Å². The quantitative estimate of drug-likeness (QED) is 0.203. The van der Waals surface area contributed by atoms with Crippen molar-refractivity contribution < 1.29 is 0 Å². The van der Waals surface area contributed by atoms with E-state index in [0.29, 0.717) is 0 Å². The molecular weight excluding hydrogens is 532 g/mol. The van der Waals surface area contributed by atoms with Gasteiger partial charge in [0, 0.05) is 32.9 Å². The van der Waals surface area contributed by atoms with Crippen LogP contribution in [0.1, 0.15) is 0 Å². The normalized spacial score (nSPS) is 11.6. The molecule has 2 heteroatoms. The Bertz CT molecular complexity index is 2450. The van der Waals surface area contributed by atoms with E-state index in [-0.39, 0.29) is 0 Å². The number of hydrogen-bond donors (Lipinski definition) is 0. The van der Waals surface area contributed by atoms with Crippen molar-refractivity contribution in [1.82, 2.24) is 9.13 Å². The van der Waals surface area contributed by atoms with Crippen LogP contribution in [0.25, 0.3) is 77.2 Å². The van der Waals surface area contributed by atoms with Gasteiger partial charge in [0.05, 0.1) is 22.1 Å². The minimum absolute atomic E-state index is 1.16. The predicted octanol–water partition coefficient (Wildman–Crippen LogP) is 11.2. The summed E-state index contributed by atoms with van der Waals surface area (Å²) in [6.07, 6.45) is 0. The monoisotopic (exact) mass is 560 g/mol. The maximum Gasteiger partial charge on any atom is 0.0548 e. The lowest BCUT2D eigenvalue weighted by Gasteiger charge is -2.10. The third kappa shape index (κ3) is 3.75. The highest BCUT2D eigenvalue weighted by atomic mass is 15.0. The van der Waals surface area contributed by atoms with Crippen LogP contribution in [0.4, 0.5) is 0 Å². The lowest BCUT2D eigenvalue weighted by molar-refractivity contribution is 1.17. The molecule has 7 aromatic carbocycles. The summed E-state index contributed by atoms with van der Waals surface area (Å²) < 4.78 is 4.81. The molecule has 0 saturated carbocycles. The molecule has 9 aromatic rings. The molecule has 0 N–H and O–H groups in total. The molecule has 9 rings (SSSR count). The lowest BCUT2D eigenvalue weighted by atomic mass is 10.0. The van der Waals surface area contributed by atoms with Gasteiger partial charge in [-0.05, 0) is 70.8 Å². The molecule has 0 aliphatic rings. The topological polar surface area (TPSA) is 9.86 Å². The summed E-state index contributed by atoms with van der Waals surface area (Å²) in [6, 6.07) is 61.3. The zero-order valence-electron chi connectivity index (χ0n) is 24.1. The Morgan fingerprint density at radius 2 is 0.614 bits per heavy atom. The van der Waals surface area contributed by atoms with Crippen molar-refractivity contribution in [2.24, 2.45) is 0 Å². The number of fused-ring (bicyclic) bond motifs is 7. The first-order valence-electron chi connectivity index (χ1n) is 15.1. The molecule has 0 aliphatic carbocycles. The van der Waals surface area contributed by atoms with Gasteiger partial charge in [0.1, 0.15) is 0 Å². The third-order valence-electron chi connectivity index (χ3n) is 8.94. The SMILES string of the molecule is c1ccc(-c2ccc(-c3ccc(-n4c5ccccc5c5c6c7ccccc7n(-c7ccccc7)c6ccc54)cc3)cc2)cc1. The van der Waals surface area contributed by atoms with Gasteiger partial charge >= 0.3 is 0 Å². The van der Waals surface area contributed by atoms with Gasteiger partial charge in [-0.25, -0.2) is 0 Å². The Labute approximate surface area is 255 Å². The molecule has 0 fully saturated rings. The second-order valence-electron chi connectivity index (χ2n) is 11.4. The van der Waals surface area contributed by atoms with E-state index in [9.17, 15) is 0 Å². The van der Waals surface area contributed by atoms with Crippen LogP contribution in [0.2, 0.25) is 0 Å². The Hall–Kier alpha value is -5.86. The van der Waals surface area contributed by atoms with Gasteiger partial charge < -0.3 is 9.13 Å². The van der Waals surface area contributed by atoms with Crippen LogP contribution in [0.3, 0.4) is 0 Å². The van der Waals surface area contributed by atoms with Crippen molar-refractivity contribution in [3.63, 3.8) is 0 Å². The first kappa shape index (κ1) is 24.7. The second kappa shape index (κ2) is 9.86. The summed E-state index contributed by atoms with van der Waals surface area (Å²) in [5.74, 6) is 0. The Kier molecular flexibility index (Phi) is 5.54. The number of rotatable bonds is 4. The first-order chi connectivity index (χ1) is 21.8. The van der Waals surface area contributed by atoms with E-state index >= 15 is 0 Å². The number of benzene rings is 7. The van der Waals surface area contributed by atoms with Crippen LogP contribution in [0.5, 0.6) is 0 Å². The Morgan fingerprint density at radius 3 is 1.11 bits per heavy atom. The van der Waals surface area contributed by atoms with Gasteiger partial charge in [-0.15, -0.1) is 0 Å². The molecular formula is C42H28N2. The fourth-order valence-electron chi connectivity index (χ4n) is 6.94. The third-order valence-corrected chi connectivity index (χ3v) is 8.94. The van der Waals surface area contributed by atoms with Crippen molar-refractivity contribution in [2.45, 2.75) is 0 Å². The highest BCUT2D eigenvalue weighted by Crippen LogP contribution is 2.42. The highest BCUT2D eigenvalue weighted by Gasteiger charge is 2.20. The van der Waals surface area contributed by atoms with Gasteiger partial charge in [-0.3, -0.25) is 0 Å². The smallest absolute Gasteiger partial charge is 0.0548 e. The average Bonchev–Trinajstić information content (AvgIpc) is 3.62. The highest BCUT2D eigenvalue weighted by molar-refractivity contribution is 6.28. The molecule has 0 amide bonds. The molecule has 0 spiro atoms. The standard InChI is InChI=1S/C42H28N2/c1-3-11-29(12-4-1)30-19-21-31(22-20-30)32-23-25-34(26-24-32)44-38-18-10-8-16-36(38)42-40(44)28-27-39-41(42)35-15-7-9-17-37(35)43(39)33-13-5-2-6-14-33/h1-28H. The van der Waals surface area contributed by atoms with E-state index in [1.165, 1.54) is 71.6 Å². The van der Waals surface area contributed by atoms with Crippen LogP contribution in [0, 0.1) is 0 Å². The van der Waals surface area contributed by atoms with Crippen molar-refractivity contribution in [3.05, 3.63) is 170 Å². The molecule has 0 unspecified atom stereocenters. The van der Waals surface area contributed by atoms with Crippen molar-refractivity contribution in [2.75, 3.05) is 0 Å². The van der Waals surface area contributed by atoms with Gasteiger partial charge in [0.2, 0.25) is 0 Å². The van der Waals surface area contributed by atoms with E-state index in [0.717, 1.165) is 5.69 Å². The summed E-state index contributed by atoms with van der Waals surface area (Å²) >= 11 is 0. The van der Waals surface area contributed by atoms with Crippen LogP contribution < -0.4 is 0 Å². The number of hydrogen-bond acceptors (Lipinski definition) is 0. The molecule has 2 nitrogen and oxygen atoms in total. The summed E-state index contributed by atoms with van der Waals surface area (Å²) in [4.78, 5) is 0. The molecule has 206 valence electrons. The minimum Gasteiger partial charge on any atom is -0.309 e. The largest absolute Gasteiger partial charge is 0.309 e. The molecule has 44 heavy (non-hydrogen) atoms. The summed E-state index contributed by atoms with van der Waals surface area (Å²) in [7, 11) is 0. The van der Waals surface area contributed by atoms with Crippen LogP contribution in [-0.2, 0) is 0 Å². The number of aromatic nitrogens is 2. The molecule has 0 bridgehead atoms. The number of para-hydroxylation sites is 3. The van der Waals surface area contributed by atoms with Crippen LogP contribution >= 0.6 is 0 Å². The van der Waals surface area contributed by atoms with Crippen molar-refractivity contribution in [1.29, 1.82) is 0 Å². The predicted molar refractivity (Wildman–Crippen MR) is 186 cm³/mol. The van der Waals surface area contributed by atoms with Crippen LogP contribution in [-0.4, -0.2) is 9.13 Å². The first-order valence-corrected chi connectivity index (χ1v) is 15.1. The molecule has 2 aromatic heterocycles. The summed E-state index contributed by atoms with van der Waals surface area (Å²) in [6.45, 7) is 0. The zero-order chi connectivity index (χ0) is 29.0. The molecule has 0 aliphatic heterocycles. The van der Waals surface area contributed by atoms with E-state index < -0.39 is 0 Å². The fourth-order valence-corrected chi connectivity index (χ4v) is 6.94. The average molecular weight is 561 g/mol. The fraction of sp³-hybridized carbons (Fsp3) is 0. The van der Waals surface area contributed by atoms with Gasteiger partial charge in [0.15, 0.2) is 0 Å². The van der Waals surface area contributed by atoms with E-state index in [4.69, 9.17) is 0 Å². The van der Waals surface area contributed by atoms with Gasteiger partial charge in [-0.1, -0.05) is 121 Å². The molecule has 2 heterocycles. The zero-order valence-corrected chi connectivity index (χ0v) is 24.1. The minimum atomic E-state index is 1.16. The van der Waals surface area contributed by atoms with Crippen LogP contribution in [0.15, 0.2) is 170 Å². The Balaban J connectivity index is 1.22.